The Morgan fingerprint density at radius 1 is 1.50 bits per heavy atom. The smallest absolute Gasteiger partial charge is 0.172 e. The summed E-state index contributed by atoms with van der Waals surface area (Å²) in [5.74, 6) is 0. The van der Waals surface area contributed by atoms with Crippen LogP contribution in [0.1, 0.15) is 0 Å². The SMILES string of the molecule is C=C(Cl)C(Cl)(Cl)[SiH2]Cl. The van der Waals surface area contributed by atoms with Crippen molar-refractivity contribution in [2.75, 3.05) is 0 Å². The van der Waals surface area contributed by atoms with Crippen molar-refractivity contribution in [3.05, 3.63) is 11.6 Å². The van der Waals surface area contributed by atoms with Crippen molar-refractivity contribution in [1.29, 1.82) is 0 Å². The van der Waals surface area contributed by atoms with Gasteiger partial charge in [-0.1, -0.05) is 41.4 Å². The molecule has 0 atom stereocenters. The molecule has 0 aromatic heterocycles. The van der Waals surface area contributed by atoms with E-state index in [0.29, 0.717) is 0 Å². The second-order valence-electron chi connectivity index (χ2n) is 1.24. The van der Waals surface area contributed by atoms with Gasteiger partial charge >= 0.3 is 0 Å². The number of rotatable bonds is 2. The van der Waals surface area contributed by atoms with E-state index in [1.165, 1.54) is 0 Å². The number of hydrogen-bond donors (Lipinski definition) is 0. The van der Waals surface area contributed by atoms with Crippen molar-refractivity contribution < 1.29 is 0 Å². The van der Waals surface area contributed by atoms with Crippen molar-refractivity contribution in [2.24, 2.45) is 0 Å². The van der Waals surface area contributed by atoms with Gasteiger partial charge < -0.3 is 0 Å². The van der Waals surface area contributed by atoms with E-state index in [1.807, 2.05) is 0 Å². The van der Waals surface area contributed by atoms with Crippen LogP contribution in [0, 0.1) is 0 Å². The third kappa shape index (κ3) is 2.60. The Bertz CT molecular complexity index is 99.5. The maximum Gasteiger partial charge on any atom is 0.172 e. The molecule has 0 bridgehead atoms. The van der Waals surface area contributed by atoms with Crippen LogP contribution in [0.4, 0.5) is 0 Å². The van der Waals surface area contributed by atoms with Gasteiger partial charge in [-0.15, -0.1) is 0 Å². The molecule has 0 aromatic carbocycles. The van der Waals surface area contributed by atoms with Crippen molar-refractivity contribution in [3.63, 3.8) is 0 Å². The molecule has 0 spiro atoms. The average Bonchev–Trinajstić information content (AvgIpc) is 1.67. The normalized spacial score (nSPS) is 13.0. The van der Waals surface area contributed by atoms with Crippen LogP contribution in [0.3, 0.4) is 0 Å². The van der Waals surface area contributed by atoms with Gasteiger partial charge in [0, 0.05) is 5.03 Å². The Labute approximate surface area is 70.3 Å². The topological polar surface area (TPSA) is 0 Å². The molecule has 0 aliphatic carbocycles. The molecular formula is C3H4Cl4Si. The highest BCUT2D eigenvalue weighted by Gasteiger charge is 2.25. The van der Waals surface area contributed by atoms with E-state index in [2.05, 4.69) is 6.58 Å². The van der Waals surface area contributed by atoms with Crippen molar-refractivity contribution >= 4 is 54.7 Å². The zero-order valence-electron chi connectivity index (χ0n) is 3.93. The van der Waals surface area contributed by atoms with E-state index < -0.39 is 12.8 Å². The summed E-state index contributed by atoms with van der Waals surface area (Å²) >= 11 is 21.8. The number of halogens is 4. The second kappa shape index (κ2) is 3.33. The van der Waals surface area contributed by atoms with Gasteiger partial charge in [0.1, 0.15) is 0 Å². The van der Waals surface area contributed by atoms with E-state index in [0.717, 1.165) is 0 Å². The fraction of sp³-hybridized carbons (Fsp3) is 0.333. The summed E-state index contributed by atoms with van der Waals surface area (Å²) in [7, 11) is -1.03. The van der Waals surface area contributed by atoms with Gasteiger partial charge in [0.15, 0.2) is 12.8 Å². The van der Waals surface area contributed by atoms with Crippen molar-refractivity contribution in [2.45, 2.75) is 3.96 Å². The summed E-state index contributed by atoms with van der Waals surface area (Å²) in [6.07, 6.45) is 0. The van der Waals surface area contributed by atoms with Gasteiger partial charge in [0.05, 0.1) is 0 Å². The molecular weight excluding hydrogens is 206 g/mol. The van der Waals surface area contributed by atoms with Crippen LogP contribution < -0.4 is 0 Å². The first-order valence-corrected chi connectivity index (χ1v) is 5.77. The highest BCUT2D eigenvalue weighted by atomic mass is 35.6. The summed E-state index contributed by atoms with van der Waals surface area (Å²) in [6.45, 7) is 3.35. The lowest BCUT2D eigenvalue weighted by Gasteiger charge is -2.11. The first-order chi connectivity index (χ1) is 3.50. The minimum Gasteiger partial charge on any atom is -0.172 e. The molecule has 0 amide bonds. The number of hydrogen-bond acceptors (Lipinski definition) is 0. The minimum absolute atomic E-state index is 0.211. The van der Waals surface area contributed by atoms with Crippen molar-refractivity contribution in [1.82, 2.24) is 0 Å². The first-order valence-electron chi connectivity index (χ1n) is 1.79. The molecule has 48 valence electrons. The summed E-state index contributed by atoms with van der Waals surface area (Å²) in [5.41, 5.74) is 0. The summed E-state index contributed by atoms with van der Waals surface area (Å²) < 4.78 is -1.04. The van der Waals surface area contributed by atoms with Gasteiger partial charge in [-0.3, -0.25) is 0 Å². The van der Waals surface area contributed by atoms with E-state index in [9.17, 15) is 0 Å². The van der Waals surface area contributed by atoms with Crippen LogP contribution in [-0.4, -0.2) is 12.8 Å². The molecule has 0 N–H and O–H groups in total. The molecule has 0 unspecified atom stereocenters. The zero-order chi connectivity index (χ0) is 6.78. The molecule has 0 nitrogen and oxygen atoms in total. The summed E-state index contributed by atoms with van der Waals surface area (Å²) in [4.78, 5) is 0. The molecule has 0 radical (unpaired) electrons. The maximum atomic E-state index is 5.52. The van der Waals surface area contributed by atoms with Crippen LogP contribution in [0.25, 0.3) is 0 Å². The van der Waals surface area contributed by atoms with Crippen LogP contribution in [-0.2, 0) is 0 Å². The Balaban J connectivity index is 3.91. The maximum absolute atomic E-state index is 5.52. The third-order valence-electron chi connectivity index (χ3n) is 0.565. The summed E-state index contributed by atoms with van der Waals surface area (Å²) in [6, 6.07) is 0. The molecule has 0 saturated heterocycles. The van der Waals surface area contributed by atoms with E-state index in [-0.39, 0.29) is 5.03 Å². The van der Waals surface area contributed by atoms with Crippen LogP contribution in [0.15, 0.2) is 11.6 Å². The molecule has 0 aromatic rings. The van der Waals surface area contributed by atoms with E-state index in [1.54, 1.807) is 0 Å². The first kappa shape index (κ1) is 9.12. The molecule has 0 aliphatic rings. The Morgan fingerprint density at radius 2 is 1.88 bits per heavy atom. The summed E-state index contributed by atoms with van der Waals surface area (Å²) in [5, 5.41) is 0.211. The van der Waals surface area contributed by atoms with E-state index >= 15 is 0 Å². The standard InChI is InChI=1S/C3H4Cl4Si/c1-2(4)3(5,6)8-7/h1,8H2. The lowest BCUT2D eigenvalue weighted by atomic mass is 10.7. The van der Waals surface area contributed by atoms with Gasteiger partial charge in [0.2, 0.25) is 0 Å². The Hall–Kier alpha value is 1.12. The molecule has 5 heteroatoms. The highest BCUT2D eigenvalue weighted by molar-refractivity contribution is 7.04. The predicted octanol–water partition coefficient (Wildman–Crippen LogP) is 2.19. The average molecular weight is 210 g/mol. The minimum atomic E-state index is -1.04. The lowest BCUT2D eigenvalue weighted by molar-refractivity contribution is 1.42. The Kier molecular flexibility index (Phi) is 3.79. The fourth-order valence-corrected chi connectivity index (χ4v) is 1.11. The molecule has 0 heterocycles. The largest absolute Gasteiger partial charge is 0.172 e. The van der Waals surface area contributed by atoms with Gasteiger partial charge in [-0.2, -0.15) is 11.1 Å². The Morgan fingerprint density at radius 3 is 1.88 bits per heavy atom. The van der Waals surface area contributed by atoms with Crippen molar-refractivity contribution in [3.8, 4) is 0 Å². The predicted molar refractivity (Wildman–Crippen MR) is 43.8 cm³/mol. The van der Waals surface area contributed by atoms with Crippen LogP contribution >= 0.6 is 45.9 Å². The zero-order valence-corrected chi connectivity index (χ0v) is 8.36. The molecule has 8 heavy (non-hydrogen) atoms. The fourth-order valence-electron chi connectivity index (χ4n) is 0.0725. The number of allylic oxidation sites excluding steroid dienone is 1. The van der Waals surface area contributed by atoms with Gasteiger partial charge in [0.25, 0.3) is 0 Å². The molecule has 0 aliphatic heterocycles. The lowest BCUT2D eigenvalue weighted by Crippen LogP contribution is -2.17. The van der Waals surface area contributed by atoms with Gasteiger partial charge in [-0.05, 0) is 0 Å². The second-order valence-corrected chi connectivity index (χ2v) is 6.21. The molecule has 0 saturated carbocycles. The number of alkyl halides is 2. The quantitative estimate of drug-likeness (QED) is 0.372. The van der Waals surface area contributed by atoms with Gasteiger partial charge in [-0.25, -0.2) is 0 Å². The molecule has 0 fully saturated rings. The highest BCUT2D eigenvalue weighted by Crippen LogP contribution is 2.30. The van der Waals surface area contributed by atoms with E-state index in [4.69, 9.17) is 45.9 Å². The third-order valence-corrected chi connectivity index (χ3v) is 5.35. The van der Waals surface area contributed by atoms with Crippen LogP contribution in [0.5, 0.6) is 0 Å². The van der Waals surface area contributed by atoms with Crippen LogP contribution in [0.2, 0.25) is 0 Å². The molecule has 0 rings (SSSR count). The monoisotopic (exact) mass is 208 g/mol.